The van der Waals surface area contributed by atoms with Crippen molar-refractivity contribution >= 4 is 17.3 Å². The minimum atomic E-state index is -0.813. The first kappa shape index (κ1) is 13.6. The van der Waals surface area contributed by atoms with Crippen LogP contribution < -0.4 is 5.32 Å². The van der Waals surface area contributed by atoms with E-state index < -0.39 is 6.10 Å². The molecule has 0 aliphatic carbocycles. The van der Waals surface area contributed by atoms with Crippen LogP contribution >= 0.6 is 11.6 Å². The SMILES string of the molecule is C=CCNc1ccc(Cl)nc1C(O)c1ccccc1. The lowest BCUT2D eigenvalue weighted by Crippen LogP contribution is -2.09. The highest BCUT2D eigenvalue weighted by molar-refractivity contribution is 6.29. The molecule has 0 bridgehead atoms. The Balaban J connectivity index is 2.36. The number of anilines is 1. The number of hydrogen-bond donors (Lipinski definition) is 2. The van der Waals surface area contributed by atoms with Crippen LogP contribution in [0.1, 0.15) is 17.4 Å². The highest BCUT2D eigenvalue weighted by atomic mass is 35.5. The molecular weight excluding hydrogens is 260 g/mol. The van der Waals surface area contributed by atoms with E-state index in [4.69, 9.17) is 11.6 Å². The summed E-state index contributed by atoms with van der Waals surface area (Å²) in [6.45, 7) is 4.25. The first-order valence-corrected chi connectivity index (χ1v) is 6.34. The fraction of sp³-hybridized carbons (Fsp3) is 0.133. The second-order valence-electron chi connectivity index (χ2n) is 4.05. The number of benzene rings is 1. The number of rotatable bonds is 5. The molecule has 0 aliphatic heterocycles. The molecule has 0 amide bonds. The number of halogens is 1. The number of aliphatic hydroxyl groups is 1. The maximum absolute atomic E-state index is 10.4. The number of hydrogen-bond acceptors (Lipinski definition) is 3. The number of nitrogens with one attached hydrogen (secondary N) is 1. The van der Waals surface area contributed by atoms with E-state index in [-0.39, 0.29) is 0 Å². The van der Waals surface area contributed by atoms with Crippen molar-refractivity contribution in [3.8, 4) is 0 Å². The van der Waals surface area contributed by atoms with Gasteiger partial charge in [-0.25, -0.2) is 4.98 Å². The summed E-state index contributed by atoms with van der Waals surface area (Å²) in [5.74, 6) is 0. The molecule has 0 saturated heterocycles. The van der Waals surface area contributed by atoms with Crippen LogP contribution in [-0.2, 0) is 0 Å². The van der Waals surface area contributed by atoms with E-state index in [1.165, 1.54) is 0 Å². The predicted molar refractivity (Wildman–Crippen MR) is 78.4 cm³/mol. The van der Waals surface area contributed by atoms with Gasteiger partial charge in [0.05, 0.1) is 11.4 Å². The molecule has 2 N–H and O–H groups in total. The second-order valence-corrected chi connectivity index (χ2v) is 4.44. The minimum absolute atomic E-state index is 0.356. The highest BCUT2D eigenvalue weighted by Gasteiger charge is 2.16. The largest absolute Gasteiger partial charge is 0.382 e. The van der Waals surface area contributed by atoms with Crippen molar-refractivity contribution in [1.82, 2.24) is 4.98 Å². The summed E-state index contributed by atoms with van der Waals surface area (Å²) in [4.78, 5) is 4.22. The monoisotopic (exact) mass is 274 g/mol. The Hall–Kier alpha value is -1.84. The molecule has 0 saturated carbocycles. The molecule has 1 unspecified atom stereocenters. The van der Waals surface area contributed by atoms with Crippen LogP contribution in [0.15, 0.2) is 55.1 Å². The van der Waals surface area contributed by atoms with Gasteiger partial charge >= 0.3 is 0 Å². The molecule has 0 aliphatic rings. The summed E-state index contributed by atoms with van der Waals surface area (Å²) >= 11 is 5.91. The van der Waals surface area contributed by atoms with Crippen LogP contribution in [0.4, 0.5) is 5.69 Å². The van der Waals surface area contributed by atoms with E-state index in [0.717, 1.165) is 11.3 Å². The van der Waals surface area contributed by atoms with Crippen LogP contribution in [0, 0.1) is 0 Å². The van der Waals surface area contributed by atoms with Crippen molar-refractivity contribution in [1.29, 1.82) is 0 Å². The predicted octanol–water partition coefficient (Wildman–Crippen LogP) is 3.41. The van der Waals surface area contributed by atoms with Crippen LogP contribution in [0.3, 0.4) is 0 Å². The third kappa shape index (κ3) is 3.34. The van der Waals surface area contributed by atoms with E-state index in [1.807, 2.05) is 30.3 Å². The van der Waals surface area contributed by atoms with E-state index in [2.05, 4.69) is 16.9 Å². The normalized spacial score (nSPS) is 11.9. The van der Waals surface area contributed by atoms with Crippen molar-refractivity contribution in [2.45, 2.75) is 6.10 Å². The fourth-order valence-corrected chi connectivity index (χ4v) is 1.94. The van der Waals surface area contributed by atoms with Crippen molar-refractivity contribution in [3.63, 3.8) is 0 Å². The second kappa shape index (κ2) is 6.36. The van der Waals surface area contributed by atoms with E-state index >= 15 is 0 Å². The van der Waals surface area contributed by atoms with Gasteiger partial charge in [-0.05, 0) is 17.7 Å². The smallest absolute Gasteiger partial charge is 0.129 e. The number of nitrogens with zero attached hydrogens (tertiary/aromatic N) is 1. The fourth-order valence-electron chi connectivity index (χ4n) is 1.78. The topological polar surface area (TPSA) is 45.2 Å². The van der Waals surface area contributed by atoms with Gasteiger partial charge in [0.15, 0.2) is 0 Å². The molecule has 1 atom stereocenters. The molecule has 1 aromatic carbocycles. The Bertz CT molecular complexity index is 557. The van der Waals surface area contributed by atoms with E-state index in [1.54, 1.807) is 18.2 Å². The molecule has 2 aromatic rings. The van der Waals surface area contributed by atoms with Crippen molar-refractivity contribution in [2.75, 3.05) is 11.9 Å². The highest BCUT2D eigenvalue weighted by Crippen LogP contribution is 2.27. The van der Waals surface area contributed by atoms with Gasteiger partial charge in [0.25, 0.3) is 0 Å². The molecule has 98 valence electrons. The van der Waals surface area contributed by atoms with Crippen LogP contribution in [-0.4, -0.2) is 16.6 Å². The van der Waals surface area contributed by atoms with Gasteiger partial charge in [0.1, 0.15) is 11.3 Å². The van der Waals surface area contributed by atoms with Gasteiger partial charge in [0.2, 0.25) is 0 Å². The molecule has 1 aromatic heterocycles. The van der Waals surface area contributed by atoms with Gasteiger partial charge in [-0.1, -0.05) is 48.0 Å². The Labute approximate surface area is 117 Å². The standard InChI is InChI=1S/C15H15ClN2O/c1-2-10-17-12-8-9-13(16)18-14(12)15(19)11-6-4-3-5-7-11/h2-9,15,17,19H,1,10H2. The molecule has 0 fully saturated rings. The lowest BCUT2D eigenvalue weighted by Gasteiger charge is -2.16. The Morgan fingerprint density at radius 3 is 2.68 bits per heavy atom. The Kier molecular flexibility index (Phi) is 4.55. The minimum Gasteiger partial charge on any atom is -0.382 e. The average Bonchev–Trinajstić information content (AvgIpc) is 2.46. The van der Waals surface area contributed by atoms with Gasteiger partial charge in [-0.15, -0.1) is 6.58 Å². The number of aliphatic hydroxyl groups excluding tert-OH is 1. The summed E-state index contributed by atoms with van der Waals surface area (Å²) in [6.07, 6.45) is 0.931. The molecule has 2 rings (SSSR count). The molecule has 19 heavy (non-hydrogen) atoms. The van der Waals surface area contributed by atoms with Crippen molar-refractivity contribution in [3.05, 3.63) is 71.5 Å². The van der Waals surface area contributed by atoms with Crippen LogP contribution in [0.5, 0.6) is 0 Å². The zero-order valence-corrected chi connectivity index (χ0v) is 11.1. The number of aromatic nitrogens is 1. The van der Waals surface area contributed by atoms with Crippen LogP contribution in [0.25, 0.3) is 0 Å². The van der Waals surface area contributed by atoms with Crippen LogP contribution in [0.2, 0.25) is 5.15 Å². The van der Waals surface area contributed by atoms with Gasteiger partial charge < -0.3 is 10.4 Å². The van der Waals surface area contributed by atoms with Crippen molar-refractivity contribution < 1.29 is 5.11 Å². The zero-order chi connectivity index (χ0) is 13.7. The third-order valence-corrected chi connectivity index (χ3v) is 2.91. The summed E-state index contributed by atoms with van der Waals surface area (Å²) in [5, 5.41) is 13.9. The van der Waals surface area contributed by atoms with Gasteiger partial charge in [-0.2, -0.15) is 0 Å². The van der Waals surface area contributed by atoms with Crippen molar-refractivity contribution in [2.24, 2.45) is 0 Å². The lowest BCUT2D eigenvalue weighted by atomic mass is 10.0. The molecule has 4 heteroatoms. The molecule has 0 spiro atoms. The third-order valence-electron chi connectivity index (χ3n) is 2.70. The Morgan fingerprint density at radius 1 is 1.26 bits per heavy atom. The quantitative estimate of drug-likeness (QED) is 0.649. The summed E-state index contributed by atoms with van der Waals surface area (Å²) in [5.41, 5.74) is 2.04. The first-order valence-electron chi connectivity index (χ1n) is 5.96. The molecule has 1 heterocycles. The molecule has 0 radical (unpaired) electrons. The van der Waals surface area contributed by atoms with Gasteiger partial charge in [0, 0.05) is 6.54 Å². The molecule has 3 nitrogen and oxygen atoms in total. The van der Waals surface area contributed by atoms with E-state index in [0.29, 0.717) is 17.4 Å². The number of pyridine rings is 1. The van der Waals surface area contributed by atoms with E-state index in [9.17, 15) is 5.11 Å². The maximum atomic E-state index is 10.4. The first-order chi connectivity index (χ1) is 9.22. The summed E-state index contributed by atoms with van der Waals surface area (Å²) in [7, 11) is 0. The maximum Gasteiger partial charge on any atom is 0.129 e. The average molecular weight is 275 g/mol. The molecular formula is C15H15ClN2O. The Morgan fingerprint density at radius 2 is 2.00 bits per heavy atom. The zero-order valence-electron chi connectivity index (χ0n) is 10.4. The van der Waals surface area contributed by atoms with Gasteiger partial charge in [-0.3, -0.25) is 0 Å². The summed E-state index contributed by atoms with van der Waals surface area (Å²) in [6, 6.07) is 12.8. The lowest BCUT2D eigenvalue weighted by molar-refractivity contribution is 0.216. The summed E-state index contributed by atoms with van der Waals surface area (Å²) < 4.78 is 0.